The van der Waals surface area contributed by atoms with Crippen LogP contribution in [0.5, 0.6) is 0 Å². The predicted octanol–water partition coefficient (Wildman–Crippen LogP) is 2.65. The zero-order chi connectivity index (χ0) is 10.6. The summed E-state index contributed by atoms with van der Waals surface area (Å²) in [5.41, 5.74) is 0. The number of rotatable bonds is 5. The first-order valence-corrected chi connectivity index (χ1v) is 6.04. The summed E-state index contributed by atoms with van der Waals surface area (Å²) < 4.78 is 0. The number of hydrogen-bond acceptors (Lipinski definition) is 1. The van der Waals surface area contributed by atoms with Crippen LogP contribution in [0.1, 0.15) is 39.5 Å². The van der Waals surface area contributed by atoms with Crippen LogP contribution in [0.2, 0.25) is 0 Å². The second kappa shape index (κ2) is 5.59. The van der Waals surface area contributed by atoms with Crippen molar-refractivity contribution in [2.45, 2.75) is 45.6 Å². The van der Waals surface area contributed by atoms with Crippen molar-refractivity contribution in [2.24, 2.45) is 5.92 Å². The summed E-state index contributed by atoms with van der Waals surface area (Å²) in [6, 6.07) is 0.279. The molecule has 0 saturated heterocycles. The van der Waals surface area contributed by atoms with Crippen molar-refractivity contribution in [2.75, 3.05) is 12.4 Å². The summed E-state index contributed by atoms with van der Waals surface area (Å²) in [5, 5.41) is 0. The Kier molecular flexibility index (Phi) is 4.73. The highest BCUT2D eigenvalue weighted by molar-refractivity contribution is 6.18. The van der Waals surface area contributed by atoms with Gasteiger partial charge in [0.1, 0.15) is 0 Å². The summed E-state index contributed by atoms with van der Waals surface area (Å²) in [6.45, 7) is 4.78. The molecule has 0 bridgehead atoms. The Morgan fingerprint density at radius 1 is 1.50 bits per heavy atom. The predicted molar refractivity (Wildman–Crippen MR) is 59.5 cm³/mol. The van der Waals surface area contributed by atoms with Gasteiger partial charge >= 0.3 is 0 Å². The molecule has 1 fully saturated rings. The van der Waals surface area contributed by atoms with Crippen LogP contribution in [-0.4, -0.2) is 29.3 Å². The normalized spacial score (nSPS) is 16.9. The van der Waals surface area contributed by atoms with Crippen molar-refractivity contribution in [3.8, 4) is 0 Å². The molecule has 3 heteroatoms. The van der Waals surface area contributed by atoms with Gasteiger partial charge in [-0.25, -0.2) is 0 Å². The molecule has 14 heavy (non-hydrogen) atoms. The van der Waals surface area contributed by atoms with Gasteiger partial charge in [0.05, 0.1) is 0 Å². The van der Waals surface area contributed by atoms with Gasteiger partial charge in [-0.1, -0.05) is 6.42 Å². The van der Waals surface area contributed by atoms with E-state index in [0.717, 1.165) is 6.42 Å². The maximum atomic E-state index is 11.8. The van der Waals surface area contributed by atoms with E-state index in [-0.39, 0.29) is 11.9 Å². The molecule has 0 heterocycles. The fraction of sp³-hybridized carbons (Fsp3) is 0.909. The van der Waals surface area contributed by atoms with Crippen LogP contribution in [0.4, 0.5) is 0 Å². The van der Waals surface area contributed by atoms with Gasteiger partial charge in [-0.05, 0) is 32.6 Å². The lowest BCUT2D eigenvalue weighted by molar-refractivity contribution is -0.134. The maximum Gasteiger partial charge on any atom is 0.223 e. The Balaban J connectivity index is 2.36. The smallest absolute Gasteiger partial charge is 0.223 e. The summed E-state index contributed by atoms with van der Waals surface area (Å²) in [5.74, 6) is 1.47. The largest absolute Gasteiger partial charge is 0.339 e. The number of alkyl halides is 1. The third-order valence-corrected chi connectivity index (χ3v) is 3.13. The highest BCUT2D eigenvalue weighted by Gasteiger charge is 2.24. The lowest BCUT2D eigenvalue weighted by Gasteiger charge is -2.31. The second-order valence-electron chi connectivity index (χ2n) is 4.37. The first kappa shape index (κ1) is 11.8. The molecule has 0 aromatic heterocycles. The molecule has 0 unspecified atom stereocenters. The Morgan fingerprint density at radius 2 is 2.14 bits per heavy atom. The Labute approximate surface area is 91.6 Å². The minimum Gasteiger partial charge on any atom is -0.339 e. The van der Waals surface area contributed by atoms with Crippen LogP contribution >= 0.6 is 11.6 Å². The van der Waals surface area contributed by atoms with Crippen molar-refractivity contribution in [3.63, 3.8) is 0 Å². The molecule has 1 rings (SSSR count). The monoisotopic (exact) mass is 217 g/mol. The van der Waals surface area contributed by atoms with Gasteiger partial charge in [-0.15, -0.1) is 11.6 Å². The molecular weight excluding hydrogens is 198 g/mol. The molecular formula is C11H20ClNO. The first-order valence-electron chi connectivity index (χ1n) is 5.50. The first-order chi connectivity index (χ1) is 6.65. The molecule has 82 valence electrons. The molecule has 0 aromatic rings. The van der Waals surface area contributed by atoms with Crippen LogP contribution in [0.25, 0.3) is 0 Å². The molecule has 0 spiro atoms. The van der Waals surface area contributed by atoms with Gasteiger partial charge in [0.2, 0.25) is 5.91 Å². The minimum absolute atomic E-state index is 0.279. The Hall–Kier alpha value is -0.240. The zero-order valence-corrected chi connectivity index (χ0v) is 9.89. The summed E-state index contributed by atoms with van der Waals surface area (Å²) >= 11 is 5.67. The number of amides is 1. The molecule has 0 radical (unpaired) electrons. The van der Waals surface area contributed by atoms with Gasteiger partial charge in [0.15, 0.2) is 0 Å². The lowest BCUT2D eigenvalue weighted by atomic mass is 9.82. The van der Waals surface area contributed by atoms with Crippen molar-refractivity contribution in [3.05, 3.63) is 0 Å². The molecule has 0 aromatic carbocycles. The van der Waals surface area contributed by atoms with E-state index in [9.17, 15) is 4.79 Å². The van der Waals surface area contributed by atoms with E-state index >= 15 is 0 Å². The van der Waals surface area contributed by atoms with E-state index in [4.69, 9.17) is 11.6 Å². The van der Waals surface area contributed by atoms with Crippen LogP contribution < -0.4 is 0 Å². The highest BCUT2D eigenvalue weighted by atomic mass is 35.5. The number of carbonyl (C=O) groups is 1. The molecule has 0 aliphatic heterocycles. The molecule has 0 atom stereocenters. The summed E-state index contributed by atoms with van der Waals surface area (Å²) in [7, 11) is 0. The number of hydrogen-bond donors (Lipinski definition) is 0. The van der Waals surface area contributed by atoms with Crippen molar-refractivity contribution in [1.82, 2.24) is 4.90 Å². The number of halogens is 1. The van der Waals surface area contributed by atoms with Gasteiger partial charge in [0, 0.05) is 24.9 Å². The van der Waals surface area contributed by atoms with E-state index in [1.54, 1.807) is 0 Å². The standard InChI is InChI=1S/C11H20ClNO/c1-9(2)13(7-6-12)11(14)8-10-4-3-5-10/h9-10H,3-8H2,1-2H3. The van der Waals surface area contributed by atoms with Gasteiger partial charge in [0.25, 0.3) is 0 Å². The van der Waals surface area contributed by atoms with Crippen molar-refractivity contribution >= 4 is 17.5 Å². The lowest BCUT2D eigenvalue weighted by Crippen LogP contribution is -2.39. The Morgan fingerprint density at radius 3 is 2.50 bits per heavy atom. The maximum absolute atomic E-state index is 11.8. The van der Waals surface area contributed by atoms with Crippen LogP contribution in [0.15, 0.2) is 0 Å². The third-order valence-electron chi connectivity index (χ3n) is 2.96. The third kappa shape index (κ3) is 3.16. The van der Waals surface area contributed by atoms with Gasteiger partial charge in [-0.3, -0.25) is 4.79 Å². The van der Waals surface area contributed by atoms with Crippen LogP contribution in [0.3, 0.4) is 0 Å². The van der Waals surface area contributed by atoms with E-state index in [1.165, 1.54) is 19.3 Å². The van der Waals surface area contributed by atoms with Crippen LogP contribution in [0, 0.1) is 5.92 Å². The average Bonchev–Trinajstić information content (AvgIpc) is 2.06. The molecule has 1 amide bonds. The van der Waals surface area contributed by atoms with Crippen molar-refractivity contribution in [1.29, 1.82) is 0 Å². The zero-order valence-electron chi connectivity index (χ0n) is 9.13. The molecule has 1 aliphatic carbocycles. The van der Waals surface area contributed by atoms with Crippen LogP contribution in [-0.2, 0) is 4.79 Å². The molecule has 1 aliphatic rings. The number of carbonyl (C=O) groups excluding carboxylic acids is 1. The topological polar surface area (TPSA) is 20.3 Å². The number of nitrogens with zero attached hydrogens (tertiary/aromatic N) is 1. The van der Waals surface area contributed by atoms with E-state index in [0.29, 0.717) is 18.3 Å². The second-order valence-corrected chi connectivity index (χ2v) is 4.75. The van der Waals surface area contributed by atoms with E-state index < -0.39 is 0 Å². The van der Waals surface area contributed by atoms with E-state index in [2.05, 4.69) is 0 Å². The fourth-order valence-corrected chi connectivity index (χ4v) is 2.01. The Bertz CT molecular complexity index is 190. The highest BCUT2D eigenvalue weighted by Crippen LogP contribution is 2.30. The summed E-state index contributed by atoms with van der Waals surface area (Å²) in [6.07, 6.45) is 4.50. The van der Waals surface area contributed by atoms with Gasteiger partial charge < -0.3 is 4.90 Å². The molecule has 2 nitrogen and oxygen atoms in total. The molecule has 0 N–H and O–H groups in total. The summed E-state index contributed by atoms with van der Waals surface area (Å²) in [4.78, 5) is 13.7. The van der Waals surface area contributed by atoms with Crippen molar-refractivity contribution < 1.29 is 4.79 Å². The SMILES string of the molecule is CC(C)N(CCCl)C(=O)CC1CCC1. The fourth-order valence-electron chi connectivity index (χ4n) is 1.82. The average molecular weight is 218 g/mol. The van der Waals surface area contributed by atoms with Gasteiger partial charge in [-0.2, -0.15) is 0 Å². The molecule has 1 saturated carbocycles. The van der Waals surface area contributed by atoms with E-state index in [1.807, 2.05) is 18.7 Å². The quantitative estimate of drug-likeness (QED) is 0.649. The minimum atomic E-state index is 0.279.